The lowest BCUT2D eigenvalue weighted by Crippen LogP contribution is -2.51. The molecule has 0 aromatic heterocycles. The predicted octanol–water partition coefficient (Wildman–Crippen LogP) is 1.42. The van der Waals surface area contributed by atoms with Crippen molar-refractivity contribution >= 4 is 11.6 Å². The van der Waals surface area contributed by atoms with Gasteiger partial charge in [-0.2, -0.15) is 5.26 Å². The van der Waals surface area contributed by atoms with Crippen molar-refractivity contribution in [3.05, 3.63) is 29.3 Å². The highest BCUT2D eigenvalue weighted by atomic mass is 16.3. The van der Waals surface area contributed by atoms with Gasteiger partial charge in [0.1, 0.15) is 0 Å². The van der Waals surface area contributed by atoms with Crippen LogP contribution < -0.4 is 4.90 Å². The number of anilines is 1. The van der Waals surface area contributed by atoms with E-state index >= 15 is 0 Å². The number of fused-ring (bicyclic) bond motifs is 1. The maximum atomic E-state index is 11.8. The second kappa shape index (κ2) is 5.38. The smallest absolute Gasteiger partial charge is 0.223 e. The first-order valence-electron chi connectivity index (χ1n) is 7.36. The predicted molar refractivity (Wildman–Crippen MR) is 78.7 cm³/mol. The van der Waals surface area contributed by atoms with Crippen molar-refractivity contribution in [3.63, 3.8) is 0 Å². The largest absolute Gasteiger partial charge is 0.389 e. The van der Waals surface area contributed by atoms with Crippen LogP contribution in [0.5, 0.6) is 0 Å². The van der Waals surface area contributed by atoms with E-state index in [1.165, 1.54) is 0 Å². The van der Waals surface area contributed by atoms with E-state index in [0.717, 1.165) is 37.3 Å². The topological polar surface area (TPSA) is 67.6 Å². The molecule has 2 saturated heterocycles. The van der Waals surface area contributed by atoms with E-state index in [-0.39, 0.29) is 11.9 Å². The Hall–Kier alpha value is -2.06. The fourth-order valence-electron chi connectivity index (χ4n) is 3.32. The normalized spacial score (nSPS) is 22.9. The summed E-state index contributed by atoms with van der Waals surface area (Å²) in [5.41, 5.74) is 2.36. The molecule has 0 aliphatic carbocycles. The molecular weight excluding hydrogens is 266 g/mol. The van der Waals surface area contributed by atoms with Crippen LogP contribution in [0.1, 0.15) is 37.0 Å². The minimum Gasteiger partial charge on any atom is -0.389 e. The molecule has 110 valence electrons. The maximum absolute atomic E-state index is 11.8. The van der Waals surface area contributed by atoms with Gasteiger partial charge in [0.05, 0.1) is 17.7 Å². The summed E-state index contributed by atoms with van der Waals surface area (Å²) >= 11 is 0. The fourth-order valence-corrected chi connectivity index (χ4v) is 3.32. The van der Waals surface area contributed by atoms with E-state index in [1.54, 1.807) is 13.0 Å². The molecule has 0 bridgehead atoms. The van der Waals surface area contributed by atoms with Crippen LogP contribution in [0, 0.1) is 11.3 Å². The van der Waals surface area contributed by atoms with Crippen LogP contribution in [-0.4, -0.2) is 41.6 Å². The minimum absolute atomic E-state index is 0.251. The number of hydrogen-bond donors (Lipinski definition) is 1. The van der Waals surface area contributed by atoms with Crippen LogP contribution in [0.2, 0.25) is 0 Å². The molecule has 1 unspecified atom stereocenters. The van der Waals surface area contributed by atoms with E-state index in [0.29, 0.717) is 12.0 Å². The number of amides is 1. The maximum Gasteiger partial charge on any atom is 0.223 e. The number of hydrogen-bond acceptors (Lipinski definition) is 4. The molecular formula is C16H19N3O2. The number of carbonyl (C=O) groups is 1. The molecule has 2 aliphatic heterocycles. The number of nitriles is 1. The first kappa shape index (κ1) is 13.9. The fraction of sp³-hybridized carbons (Fsp3) is 0.500. The molecule has 1 amide bonds. The van der Waals surface area contributed by atoms with Gasteiger partial charge in [0.25, 0.3) is 0 Å². The van der Waals surface area contributed by atoms with Gasteiger partial charge in [-0.1, -0.05) is 6.07 Å². The van der Waals surface area contributed by atoms with Crippen molar-refractivity contribution < 1.29 is 9.90 Å². The Bertz CT molecular complexity index is 606. The summed E-state index contributed by atoms with van der Waals surface area (Å²) in [5, 5.41) is 19.0. The van der Waals surface area contributed by atoms with Crippen molar-refractivity contribution in [3.8, 4) is 6.07 Å². The molecule has 3 rings (SSSR count). The molecule has 2 fully saturated rings. The Kier molecular flexibility index (Phi) is 3.56. The van der Waals surface area contributed by atoms with E-state index in [1.807, 2.05) is 17.0 Å². The summed E-state index contributed by atoms with van der Waals surface area (Å²) < 4.78 is 0. The van der Waals surface area contributed by atoms with Crippen LogP contribution in [0.25, 0.3) is 0 Å². The molecule has 0 saturated carbocycles. The van der Waals surface area contributed by atoms with E-state index in [4.69, 9.17) is 5.26 Å². The summed E-state index contributed by atoms with van der Waals surface area (Å²) in [6, 6.07) is 7.82. The number of aliphatic hydroxyl groups excluding tert-OH is 1. The third kappa shape index (κ3) is 2.47. The van der Waals surface area contributed by atoms with E-state index in [9.17, 15) is 9.90 Å². The Morgan fingerprint density at radius 1 is 1.43 bits per heavy atom. The Morgan fingerprint density at radius 3 is 2.95 bits per heavy atom. The first-order valence-corrected chi connectivity index (χ1v) is 7.36. The quantitative estimate of drug-likeness (QED) is 0.892. The van der Waals surface area contributed by atoms with Gasteiger partial charge < -0.3 is 14.9 Å². The molecule has 1 aromatic carbocycles. The summed E-state index contributed by atoms with van der Waals surface area (Å²) in [6.07, 6.45) is 0.966. The van der Waals surface area contributed by atoms with Gasteiger partial charge in [0, 0.05) is 43.3 Å². The highest BCUT2D eigenvalue weighted by Crippen LogP contribution is 2.31. The Balaban J connectivity index is 1.90. The number of piperazine rings is 1. The molecule has 1 aromatic rings. The van der Waals surface area contributed by atoms with Gasteiger partial charge in [-0.3, -0.25) is 4.79 Å². The van der Waals surface area contributed by atoms with Crippen molar-refractivity contribution in [1.29, 1.82) is 5.26 Å². The van der Waals surface area contributed by atoms with Gasteiger partial charge >= 0.3 is 0 Å². The lowest BCUT2D eigenvalue weighted by Gasteiger charge is -2.40. The minimum atomic E-state index is -0.573. The van der Waals surface area contributed by atoms with Crippen molar-refractivity contribution in [1.82, 2.24) is 4.90 Å². The first-order chi connectivity index (χ1) is 10.1. The SMILES string of the molecule is C[C@H](O)c1ccc(C#N)cc1N1CCN2C(=O)CCC2C1. The van der Waals surface area contributed by atoms with Crippen LogP contribution in [0.15, 0.2) is 18.2 Å². The zero-order valence-corrected chi connectivity index (χ0v) is 12.1. The van der Waals surface area contributed by atoms with E-state index in [2.05, 4.69) is 11.0 Å². The van der Waals surface area contributed by atoms with Crippen LogP contribution >= 0.6 is 0 Å². The zero-order valence-electron chi connectivity index (χ0n) is 12.1. The molecule has 1 N–H and O–H groups in total. The highest BCUT2D eigenvalue weighted by molar-refractivity contribution is 5.79. The Morgan fingerprint density at radius 2 is 2.24 bits per heavy atom. The van der Waals surface area contributed by atoms with Crippen molar-refractivity contribution in [2.24, 2.45) is 0 Å². The lowest BCUT2D eigenvalue weighted by molar-refractivity contribution is -0.129. The Labute approximate surface area is 124 Å². The summed E-state index contributed by atoms with van der Waals surface area (Å²) in [5.74, 6) is 0.251. The molecule has 21 heavy (non-hydrogen) atoms. The molecule has 5 heteroatoms. The number of nitrogens with zero attached hydrogens (tertiary/aromatic N) is 3. The third-order valence-electron chi connectivity index (χ3n) is 4.44. The van der Waals surface area contributed by atoms with Gasteiger partial charge in [-0.25, -0.2) is 0 Å². The summed E-state index contributed by atoms with van der Waals surface area (Å²) in [6.45, 7) is 3.98. The highest BCUT2D eigenvalue weighted by Gasteiger charge is 2.36. The van der Waals surface area contributed by atoms with Crippen LogP contribution in [0.3, 0.4) is 0 Å². The monoisotopic (exact) mass is 285 g/mol. The second-order valence-corrected chi connectivity index (χ2v) is 5.79. The van der Waals surface area contributed by atoms with Crippen molar-refractivity contribution in [2.45, 2.75) is 31.9 Å². The van der Waals surface area contributed by atoms with Gasteiger partial charge in [0.15, 0.2) is 0 Å². The number of benzene rings is 1. The molecule has 5 nitrogen and oxygen atoms in total. The average Bonchev–Trinajstić information content (AvgIpc) is 2.87. The van der Waals surface area contributed by atoms with Crippen molar-refractivity contribution in [2.75, 3.05) is 24.5 Å². The molecule has 0 radical (unpaired) electrons. The lowest BCUT2D eigenvalue weighted by atomic mass is 10.0. The van der Waals surface area contributed by atoms with Crippen LogP contribution in [0.4, 0.5) is 5.69 Å². The van der Waals surface area contributed by atoms with Gasteiger partial charge in [0.2, 0.25) is 5.91 Å². The van der Waals surface area contributed by atoms with Gasteiger partial charge in [-0.15, -0.1) is 0 Å². The van der Waals surface area contributed by atoms with Gasteiger partial charge in [-0.05, 0) is 25.5 Å². The molecule has 2 heterocycles. The summed E-state index contributed by atoms with van der Waals surface area (Å²) in [4.78, 5) is 15.9. The number of rotatable bonds is 2. The summed E-state index contributed by atoms with van der Waals surface area (Å²) in [7, 11) is 0. The molecule has 0 spiro atoms. The molecule has 2 aliphatic rings. The average molecular weight is 285 g/mol. The zero-order chi connectivity index (χ0) is 15.0. The third-order valence-corrected chi connectivity index (χ3v) is 4.44. The number of carbonyl (C=O) groups excluding carboxylic acids is 1. The standard InChI is InChI=1S/C16H19N3O2/c1-11(20)14-4-2-12(9-17)8-15(14)18-6-7-19-13(10-18)3-5-16(19)21/h2,4,8,11,13,20H,3,5-7,10H2,1H3/t11-,13?/m0/s1. The van der Waals surface area contributed by atoms with E-state index < -0.39 is 6.10 Å². The second-order valence-electron chi connectivity index (χ2n) is 5.79. The van der Waals surface area contributed by atoms with Crippen LogP contribution in [-0.2, 0) is 4.79 Å². The number of aliphatic hydroxyl groups is 1. The molecule has 2 atom stereocenters.